The molecule has 2 saturated heterocycles. The summed E-state index contributed by atoms with van der Waals surface area (Å²) in [7, 11) is 0. The van der Waals surface area contributed by atoms with Gasteiger partial charge < -0.3 is 24.4 Å². The van der Waals surface area contributed by atoms with Crippen molar-refractivity contribution < 1.29 is 35.9 Å². The topological polar surface area (TPSA) is 94.7 Å². The Morgan fingerprint density at radius 2 is 1.76 bits per heavy atom. The van der Waals surface area contributed by atoms with Crippen LogP contribution in [0.4, 0.5) is 38.0 Å². The number of hydrogen-bond donors (Lipinski definition) is 1. The number of nitrogens with zero attached hydrogens (tertiary/aromatic N) is 5. The van der Waals surface area contributed by atoms with E-state index in [2.05, 4.69) is 15.0 Å². The monoisotopic (exact) mass is 534 g/mol. The molecule has 2 aromatic rings. The molecule has 1 amide bonds. The van der Waals surface area contributed by atoms with E-state index in [0.29, 0.717) is 38.4 Å². The molecule has 2 aliphatic heterocycles. The predicted octanol–water partition coefficient (Wildman–Crippen LogP) is 2.54. The molecule has 0 saturated carbocycles. The zero-order valence-electron chi connectivity index (χ0n) is 19.5. The molecular weight excluding hydrogens is 510 g/mol. The fourth-order valence-corrected chi connectivity index (χ4v) is 4.34. The maximum absolute atomic E-state index is 13.1. The Kier molecular flexibility index (Phi) is 7.62. The molecule has 0 aromatic carbocycles. The number of alkyl halides is 6. The molecule has 9 nitrogen and oxygen atoms in total. The number of H-pyrrole nitrogens is 1. The van der Waals surface area contributed by atoms with Gasteiger partial charge in [0.1, 0.15) is 5.56 Å². The summed E-state index contributed by atoms with van der Waals surface area (Å²) in [5, 5.41) is 0. The average Bonchev–Trinajstić information content (AvgIpc) is 3.30. The smallest absolute Gasteiger partial charge is 0.377 e. The Hall–Kier alpha value is -3.36. The molecule has 2 fully saturated rings. The van der Waals surface area contributed by atoms with E-state index in [0.717, 1.165) is 12.5 Å². The summed E-state index contributed by atoms with van der Waals surface area (Å²) in [4.78, 5) is 38.4. The maximum Gasteiger partial charge on any atom is 0.421 e. The van der Waals surface area contributed by atoms with E-state index >= 15 is 0 Å². The van der Waals surface area contributed by atoms with Gasteiger partial charge in [-0.3, -0.25) is 9.59 Å². The molecule has 202 valence electrons. The first kappa shape index (κ1) is 26.7. The van der Waals surface area contributed by atoms with Crippen molar-refractivity contribution in [3.05, 3.63) is 46.1 Å². The normalized spacial score (nSPS) is 19.1. The molecule has 15 heteroatoms. The number of nitrogens with one attached hydrogen (secondary N) is 1. The summed E-state index contributed by atoms with van der Waals surface area (Å²) < 4.78 is 83.1. The zero-order chi connectivity index (χ0) is 26.8. The van der Waals surface area contributed by atoms with Crippen LogP contribution in [-0.2, 0) is 21.9 Å². The number of anilines is 2. The third kappa shape index (κ3) is 6.32. The van der Waals surface area contributed by atoms with Crippen molar-refractivity contribution in [2.75, 3.05) is 55.7 Å². The number of halogens is 6. The number of piperazine rings is 1. The van der Waals surface area contributed by atoms with Gasteiger partial charge in [0.05, 0.1) is 37.1 Å². The highest BCUT2D eigenvalue weighted by Gasteiger charge is 2.36. The molecule has 4 heterocycles. The van der Waals surface area contributed by atoms with Gasteiger partial charge in [0.15, 0.2) is 0 Å². The molecule has 37 heavy (non-hydrogen) atoms. The van der Waals surface area contributed by atoms with E-state index in [1.165, 1.54) is 11.1 Å². The van der Waals surface area contributed by atoms with Crippen molar-refractivity contribution in [1.29, 1.82) is 0 Å². The summed E-state index contributed by atoms with van der Waals surface area (Å²) in [5.41, 5.74) is -3.16. The summed E-state index contributed by atoms with van der Waals surface area (Å²) >= 11 is 0. The van der Waals surface area contributed by atoms with Crippen molar-refractivity contribution in [3.63, 3.8) is 0 Å². The van der Waals surface area contributed by atoms with Crippen LogP contribution < -0.4 is 15.4 Å². The molecule has 1 N–H and O–H groups in total. The molecule has 2 aromatic heterocycles. The number of rotatable bonds is 7. The Balaban J connectivity index is 1.25. The summed E-state index contributed by atoms with van der Waals surface area (Å²) in [6.45, 7) is 1.78. The Morgan fingerprint density at radius 1 is 1.03 bits per heavy atom. The van der Waals surface area contributed by atoms with E-state index in [4.69, 9.17) is 4.74 Å². The highest BCUT2D eigenvalue weighted by atomic mass is 19.4. The first-order valence-corrected chi connectivity index (χ1v) is 11.5. The molecule has 0 unspecified atom stereocenters. The van der Waals surface area contributed by atoms with E-state index in [1.807, 2.05) is 0 Å². The molecule has 4 rings (SSSR count). The second-order valence-electron chi connectivity index (χ2n) is 8.73. The van der Waals surface area contributed by atoms with Crippen LogP contribution in [0.15, 0.2) is 29.5 Å². The second kappa shape index (κ2) is 10.6. The van der Waals surface area contributed by atoms with Crippen LogP contribution >= 0.6 is 0 Å². The van der Waals surface area contributed by atoms with E-state index in [-0.39, 0.29) is 49.9 Å². The lowest BCUT2D eigenvalue weighted by Gasteiger charge is -2.34. The van der Waals surface area contributed by atoms with Crippen LogP contribution in [-0.4, -0.2) is 77.7 Å². The lowest BCUT2D eigenvalue weighted by molar-refractivity contribution is -0.139. The fraction of sp³-hybridized carbons (Fsp3) is 0.545. The van der Waals surface area contributed by atoms with Gasteiger partial charge >= 0.3 is 12.4 Å². The largest absolute Gasteiger partial charge is 0.421 e. The van der Waals surface area contributed by atoms with Crippen molar-refractivity contribution in [1.82, 2.24) is 19.9 Å². The van der Waals surface area contributed by atoms with Gasteiger partial charge in [-0.1, -0.05) is 0 Å². The summed E-state index contributed by atoms with van der Waals surface area (Å²) in [6, 6.07) is 0.659. The minimum Gasteiger partial charge on any atom is -0.377 e. The van der Waals surface area contributed by atoms with Gasteiger partial charge in [0.2, 0.25) is 11.9 Å². The second-order valence-corrected chi connectivity index (χ2v) is 8.73. The minimum atomic E-state index is -4.76. The van der Waals surface area contributed by atoms with Crippen LogP contribution in [0.3, 0.4) is 0 Å². The number of hydrogen-bond acceptors (Lipinski definition) is 7. The number of aromatic amines is 1. The van der Waals surface area contributed by atoms with E-state index in [1.54, 1.807) is 9.80 Å². The van der Waals surface area contributed by atoms with Crippen molar-refractivity contribution >= 4 is 17.5 Å². The van der Waals surface area contributed by atoms with Crippen LogP contribution in [0.25, 0.3) is 0 Å². The van der Waals surface area contributed by atoms with Crippen LogP contribution in [0, 0.1) is 0 Å². The van der Waals surface area contributed by atoms with E-state index in [9.17, 15) is 35.9 Å². The third-order valence-corrected chi connectivity index (χ3v) is 6.28. The lowest BCUT2D eigenvalue weighted by atomic mass is 10.2. The van der Waals surface area contributed by atoms with E-state index < -0.39 is 29.0 Å². The number of ether oxygens (including phenoxy) is 1. The molecule has 0 radical (unpaired) electrons. The SMILES string of the molecule is O=C1CN(c2ncc(C(F)(F)F)cn2)CCN1CCOC[C@@H]1CCCN1c1c[nH]c(=O)c(C(F)(F)F)c1. The molecular formula is C22H24F6N6O3. The average molecular weight is 534 g/mol. The van der Waals surface area contributed by atoms with Gasteiger partial charge in [-0.05, 0) is 18.9 Å². The van der Waals surface area contributed by atoms with Gasteiger partial charge in [0.25, 0.3) is 5.56 Å². The van der Waals surface area contributed by atoms with Crippen molar-refractivity contribution in [2.45, 2.75) is 31.2 Å². The number of aromatic nitrogens is 3. The fourth-order valence-electron chi connectivity index (χ4n) is 4.34. The first-order valence-electron chi connectivity index (χ1n) is 11.5. The van der Waals surface area contributed by atoms with Gasteiger partial charge in [-0.25, -0.2) is 9.97 Å². The van der Waals surface area contributed by atoms with Crippen molar-refractivity contribution in [3.8, 4) is 0 Å². The molecule has 1 atom stereocenters. The summed E-state index contributed by atoms with van der Waals surface area (Å²) in [5.74, 6) is -0.219. The molecule has 0 aliphatic carbocycles. The quantitative estimate of drug-likeness (QED) is 0.431. The number of carbonyl (C=O) groups excluding carboxylic acids is 1. The van der Waals surface area contributed by atoms with Gasteiger partial charge in [0, 0.05) is 44.8 Å². The highest BCUT2D eigenvalue weighted by Crippen LogP contribution is 2.31. The number of pyridine rings is 1. The van der Waals surface area contributed by atoms with Gasteiger partial charge in [-0.15, -0.1) is 0 Å². The van der Waals surface area contributed by atoms with Gasteiger partial charge in [-0.2, -0.15) is 26.3 Å². The standard InChI is InChI=1S/C22H24F6N6O3/c23-21(24,25)14-9-30-20(31-10-14)33-5-4-32(18(35)12-33)6-7-37-13-15-2-1-3-34(15)16-8-17(22(26,27)28)19(36)29-11-16/h8-11,15H,1-7,12-13H2,(H,29,36)/t15-/m0/s1. The first-order chi connectivity index (χ1) is 17.4. The highest BCUT2D eigenvalue weighted by molar-refractivity contribution is 5.82. The minimum absolute atomic E-state index is 0.0366. The molecule has 2 aliphatic rings. The summed E-state index contributed by atoms with van der Waals surface area (Å²) in [6.07, 6.45) is -5.24. The van der Waals surface area contributed by atoms with Crippen LogP contribution in [0.1, 0.15) is 24.0 Å². The third-order valence-electron chi connectivity index (χ3n) is 6.28. The lowest BCUT2D eigenvalue weighted by Crippen LogP contribution is -2.51. The van der Waals surface area contributed by atoms with Crippen LogP contribution in [0.2, 0.25) is 0 Å². The predicted molar refractivity (Wildman–Crippen MR) is 119 cm³/mol. The molecule has 0 spiro atoms. The Labute approximate surface area is 207 Å². The maximum atomic E-state index is 13.1. The zero-order valence-corrected chi connectivity index (χ0v) is 19.5. The Morgan fingerprint density at radius 3 is 2.41 bits per heavy atom. The number of carbonyl (C=O) groups is 1. The molecule has 0 bridgehead atoms. The number of amides is 1. The van der Waals surface area contributed by atoms with Crippen LogP contribution in [0.5, 0.6) is 0 Å². The van der Waals surface area contributed by atoms with Crippen molar-refractivity contribution in [2.24, 2.45) is 0 Å². The Bertz CT molecular complexity index is 1150.